The normalized spacial score (nSPS) is 12.2. The lowest BCUT2D eigenvalue weighted by Gasteiger charge is -2.09. The zero-order chi connectivity index (χ0) is 13.6. The zero-order valence-electron chi connectivity index (χ0n) is 10.3. The van der Waals surface area contributed by atoms with Gasteiger partial charge in [0.25, 0.3) is 0 Å². The monoisotopic (exact) mass is 260 g/mol. The van der Waals surface area contributed by atoms with Gasteiger partial charge in [-0.2, -0.15) is 13.2 Å². The highest BCUT2D eigenvalue weighted by Gasteiger charge is 2.30. The molecule has 0 unspecified atom stereocenters. The molecule has 0 saturated heterocycles. The van der Waals surface area contributed by atoms with Gasteiger partial charge in [-0.3, -0.25) is 0 Å². The van der Waals surface area contributed by atoms with Crippen molar-refractivity contribution in [3.8, 4) is 0 Å². The van der Waals surface area contributed by atoms with Crippen molar-refractivity contribution in [2.75, 3.05) is 0 Å². The standard InChI is InChI=1S/C16H11F3/c1-10-2-3-11-8-14-9-15(16(17,18)19)5-4-12(14)7-13(11)6-10/h2-9H,1H3. The van der Waals surface area contributed by atoms with Crippen LogP contribution in [0.25, 0.3) is 21.5 Å². The predicted molar refractivity (Wildman–Crippen MR) is 71.2 cm³/mol. The Balaban J connectivity index is 2.29. The molecule has 19 heavy (non-hydrogen) atoms. The summed E-state index contributed by atoms with van der Waals surface area (Å²) >= 11 is 0. The maximum absolute atomic E-state index is 12.7. The van der Waals surface area contributed by atoms with Gasteiger partial charge in [-0.1, -0.05) is 29.8 Å². The van der Waals surface area contributed by atoms with Crippen LogP contribution in [0.15, 0.2) is 48.5 Å². The molecule has 0 aliphatic heterocycles. The number of fused-ring (bicyclic) bond motifs is 2. The SMILES string of the molecule is Cc1ccc2cc3cc(C(F)(F)F)ccc3cc2c1. The summed E-state index contributed by atoms with van der Waals surface area (Å²) in [4.78, 5) is 0. The van der Waals surface area contributed by atoms with Crippen molar-refractivity contribution in [1.82, 2.24) is 0 Å². The molecule has 0 aromatic heterocycles. The van der Waals surface area contributed by atoms with Crippen molar-refractivity contribution in [3.05, 3.63) is 59.7 Å². The summed E-state index contributed by atoms with van der Waals surface area (Å²) in [5, 5.41) is 3.45. The van der Waals surface area contributed by atoms with E-state index in [0.29, 0.717) is 5.39 Å². The number of benzene rings is 3. The Morgan fingerprint density at radius 2 is 1.26 bits per heavy atom. The van der Waals surface area contributed by atoms with Gasteiger partial charge in [-0.05, 0) is 52.7 Å². The molecule has 0 atom stereocenters. The lowest BCUT2D eigenvalue weighted by Crippen LogP contribution is -2.04. The minimum atomic E-state index is -4.30. The Hall–Kier alpha value is -2.03. The third-order valence-electron chi connectivity index (χ3n) is 3.28. The minimum Gasteiger partial charge on any atom is -0.166 e. The van der Waals surface area contributed by atoms with E-state index >= 15 is 0 Å². The van der Waals surface area contributed by atoms with Crippen molar-refractivity contribution in [1.29, 1.82) is 0 Å². The number of alkyl halides is 3. The van der Waals surface area contributed by atoms with Crippen LogP contribution in [0.3, 0.4) is 0 Å². The second kappa shape index (κ2) is 3.98. The molecule has 0 amide bonds. The molecule has 0 aliphatic rings. The van der Waals surface area contributed by atoms with Crippen LogP contribution >= 0.6 is 0 Å². The number of aryl methyl sites for hydroxylation is 1. The molecule has 0 aliphatic carbocycles. The molecule has 0 spiro atoms. The lowest BCUT2D eigenvalue weighted by atomic mass is 10.0. The van der Waals surface area contributed by atoms with Gasteiger partial charge in [-0.15, -0.1) is 0 Å². The van der Waals surface area contributed by atoms with Gasteiger partial charge in [0.05, 0.1) is 5.56 Å². The summed E-state index contributed by atoms with van der Waals surface area (Å²) < 4.78 is 38.0. The molecule has 0 bridgehead atoms. The van der Waals surface area contributed by atoms with Crippen molar-refractivity contribution < 1.29 is 13.2 Å². The van der Waals surface area contributed by atoms with Crippen molar-refractivity contribution in [3.63, 3.8) is 0 Å². The van der Waals surface area contributed by atoms with E-state index in [1.54, 1.807) is 6.07 Å². The molecule has 3 heteroatoms. The van der Waals surface area contributed by atoms with Crippen LogP contribution in [0.1, 0.15) is 11.1 Å². The number of rotatable bonds is 0. The Morgan fingerprint density at radius 3 is 1.89 bits per heavy atom. The molecular formula is C16H11F3. The second-order valence-corrected chi connectivity index (χ2v) is 4.76. The third-order valence-corrected chi connectivity index (χ3v) is 3.28. The fraction of sp³-hybridized carbons (Fsp3) is 0.125. The van der Waals surface area contributed by atoms with Crippen LogP contribution in [0, 0.1) is 6.92 Å². The van der Waals surface area contributed by atoms with E-state index in [0.717, 1.165) is 27.8 Å². The molecule has 96 valence electrons. The van der Waals surface area contributed by atoms with Crippen LogP contribution < -0.4 is 0 Å². The first kappa shape index (κ1) is 12.0. The average Bonchev–Trinajstić information content (AvgIpc) is 2.34. The van der Waals surface area contributed by atoms with Gasteiger partial charge in [0.1, 0.15) is 0 Å². The summed E-state index contributed by atoms with van der Waals surface area (Å²) in [6.07, 6.45) is -4.30. The molecule has 0 fully saturated rings. The van der Waals surface area contributed by atoms with Crippen molar-refractivity contribution in [2.45, 2.75) is 13.1 Å². The maximum atomic E-state index is 12.7. The fourth-order valence-electron chi connectivity index (χ4n) is 2.29. The first-order chi connectivity index (χ1) is 8.93. The molecule has 0 saturated carbocycles. The molecule has 3 rings (SSSR count). The van der Waals surface area contributed by atoms with Crippen LogP contribution in [0.2, 0.25) is 0 Å². The number of hydrogen-bond acceptors (Lipinski definition) is 0. The average molecular weight is 260 g/mol. The molecule has 3 aromatic carbocycles. The van der Waals surface area contributed by atoms with Gasteiger partial charge in [0.2, 0.25) is 0 Å². The Kier molecular flexibility index (Phi) is 2.52. The molecule has 0 N–H and O–H groups in total. The van der Waals surface area contributed by atoms with Gasteiger partial charge in [0.15, 0.2) is 0 Å². The highest BCUT2D eigenvalue weighted by atomic mass is 19.4. The number of halogens is 3. The van der Waals surface area contributed by atoms with E-state index in [1.807, 2.05) is 31.2 Å². The van der Waals surface area contributed by atoms with Gasteiger partial charge < -0.3 is 0 Å². The van der Waals surface area contributed by atoms with Gasteiger partial charge in [-0.25, -0.2) is 0 Å². The molecule has 0 radical (unpaired) electrons. The third kappa shape index (κ3) is 2.16. The first-order valence-corrected chi connectivity index (χ1v) is 5.95. The minimum absolute atomic E-state index is 0.605. The van der Waals surface area contributed by atoms with E-state index in [9.17, 15) is 13.2 Å². The summed E-state index contributed by atoms with van der Waals surface area (Å²) in [6.45, 7) is 2.00. The zero-order valence-corrected chi connectivity index (χ0v) is 10.3. The van der Waals surface area contributed by atoms with E-state index in [4.69, 9.17) is 0 Å². The highest BCUT2D eigenvalue weighted by Crippen LogP contribution is 2.32. The highest BCUT2D eigenvalue weighted by molar-refractivity contribution is 5.98. The number of hydrogen-bond donors (Lipinski definition) is 0. The summed E-state index contributed by atoms with van der Waals surface area (Å²) in [7, 11) is 0. The van der Waals surface area contributed by atoms with Crippen LogP contribution in [-0.4, -0.2) is 0 Å². The molecule has 0 heterocycles. The first-order valence-electron chi connectivity index (χ1n) is 5.95. The maximum Gasteiger partial charge on any atom is 0.416 e. The summed E-state index contributed by atoms with van der Waals surface area (Å²) in [6, 6.07) is 13.5. The lowest BCUT2D eigenvalue weighted by molar-refractivity contribution is -0.137. The van der Waals surface area contributed by atoms with E-state index in [-0.39, 0.29) is 0 Å². The summed E-state index contributed by atoms with van der Waals surface area (Å²) in [5.74, 6) is 0. The second-order valence-electron chi connectivity index (χ2n) is 4.76. The molecular weight excluding hydrogens is 249 g/mol. The largest absolute Gasteiger partial charge is 0.416 e. The van der Waals surface area contributed by atoms with Crippen LogP contribution in [0.4, 0.5) is 13.2 Å². The molecule has 3 aromatic rings. The topological polar surface area (TPSA) is 0 Å². The van der Waals surface area contributed by atoms with E-state index in [2.05, 4.69) is 0 Å². The van der Waals surface area contributed by atoms with Crippen LogP contribution in [0.5, 0.6) is 0 Å². The summed E-state index contributed by atoms with van der Waals surface area (Å²) in [5.41, 5.74) is 0.533. The van der Waals surface area contributed by atoms with Gasteiger partial charge >= 0.3 is 6.18 Å². The van der Waals surface area contributed by atoms with E-state index in [1.165, 1.54) is 12.1 Å². The Bertz CT molecular complexity index is 770. The van der Waals surface area contributed by atoms with Gasteiger partial charge in [0, 0.05) is 0 Å². The smallest absolute Gasteiger partial charge is 0.166 e. The van der Waals surface area contributed by atoms with Crippen molar-refractivity contribution >= 4 is 21.5 Å². The van der Waals surface area contributed by atoms with Crippen molar-refractivity contribution in [2.24, 2.45) is 0 Å². The Morgan fingerprint density at radius 1 is 0.684 bits per heavy atom. The van der Waals surface area contributed by atoms with E-state index < -0.39 is 11.7 Å². The fourth-order valence-corrected chi connectivity index (χ4v) is 2.29. The Labute approximate surface area is 108 Å². The van der Waals surface area contributed by atoms with Crippen LogP contribution in [-0.2, 0) is 6.18 Å². The molecule has 0 nitrogen and oxygen atoms in total. The predicted octanol–water partition coefficient (Wildman–Crippen LogP) is 5.32. The quantitative estimate of drug-likeness (QED) is 0.480.